The molecule has 0 aromatic heterocycles. The van der Waals surface area contributed by atoms with E-state index in [0.29, 0.717) is 0 Å². The molecule has 0 aliphatic heterocycles. The van der Waals surface area contributed by atoms with Crippen molar-refractivity contribution in [1.82, 2.24) is 0 Å². The van der Waals surface area contributed by atoms with Gasteiger partial charge in [0, 0.05) is 0 Å². The zero-order chi connectivity index (χ0) is 13.1. The number of rotatable bonds is 0. The predicted molar refractivity (Wildman–Crippen MR) is 82.9 cm³/mol. The van der Waals surface area contributed by atoms with E-state index in [1.54, 1.807) is 0 Å². The molecule has 2 aliphatic carbocycles. The van der Waals surface area contributed by atoms with Crippen molar-refractivity contribution in [2.45, 2.75) is 13.3 Å². The third-order valence-electron chi connectivity index (χ3n) is 4.04. The van der Waals surface area contributed by atoms with Crippen molar-refractivity contribution in [2.24, 2.45) is 17.8 Å². The van der Waals surface area contributed by atoms with Gasteiger partial charge in [-0.2, -0.15) is 23.4 Å². The smallest absolute Gasteiger partial charge is 1.00 e. The monoisotopic (exact) mass is 408 g/mol. The number of benzene rings is 1. The van der Waals surface area contributed by atoms with Crippen LogP contribution in [0.5, 0.6) is 0 Å². The third kappa shape index (κ3) is 5.45. The first-order valence-corrected chi connectivity index (χ1v) is 7.13. The largest absolute Gasteiger partial charge is 4.00 e. The Hall–Kier alpha value is -0.227. The van der Waals surface area contributed by atoms with E-state index in [-0.39, 0.29) is 51.0 Å². The predicted octanol–water partition coefficient (Wildman–Crippen LogP) is -0.847. The zero-order valence-corrected chi connectivity index (χ0v) is 16.6. The molecule has 0 N–H and O–H groups in total. The first-order valence-electron chi connectivity index (χ1n) is 7.13. The molecule has 3 heteroatoms. The third-order valence-corrected chi connectivity index (χ3v) is 4.04. The van der Waals surface area contributed by atoms with Crippen molar-refractivity contribution in [3.63, 3.8) is 0 Å². The zero-order valence-electron chi connectivity index (χ0n) is 12.6. The van der Waals surface area contributed by atoms with Crippen LogP contribution in [-0.4, -0.2) is 0 Å². The fourth-order valence-corrected chi connectivity index (χ4v) is 3.07. The van der Waals surface area contributed by atoms with E-state index in [4.69, 9.17) is 0 Å². The molecule has 0 saturated heterocycles. The summed E-state index contributed by atoms with van der Waals surface area (Å²) in [4.78, 5) is 0. The second-order valence-corrected chi connectivity index (χ2v) is 5.57. The summed E-state index contributed by atoms with van der Waals surface area (Å²) < 4.78 is 0. The van der Waals surface area contributed by atoms with E-state index in [1.807, 2.05) is 0 Å². The Kier molecular flexibility index (Phi) is 10.4. The minimum atomic E-state index is 0. The van der Waals surface area contributed by atoms with Gasteiger partial charge in [0.15, 0.2) is 0 Å². The molecule has 114 valence electrons. The van der Waals surface area contributed by atoms with Crippen LogP contribution in [0.1, 0.15) is 13.3 Å². The maximum atomic E-state index is 2.46. The van der Waals surface area contributed by atoms with Gasteiger partial charge in [-0.3, -0.25) is 0 Å². The van der Waals surface area contributed by atoms with E-state index in [2.05, 4.69) is 80.1 Å². The molecule has 3 atom stereocenters. The summed E-state index contributed by atoms with van der Waals surface area (Å²) in [7, 11) is 0. The molecule has 0 spiro atoms. The molecule has 0 bridgehead atoms. The van der Waals surface area contributed by atoms with Crippen molar-refractivity contribution in [3.8, 4) is 0 Å². The van der Waals surface area contributed by atoms with Crippen LogP contribution >= 0.6 is 0 Å². The number of hydrogen-bond acceptors (Lipinski definition) is 0. The number of hydrogen-bond donors (Lipinski definition) is 0. The maximum Gasteiger partial charge on any atom is 4.00 e. The van der Waals surface area contributed by atoms with Crippen LogP contribution in [0.3, 0.4) is 0 Å². The van der Waals surface area contributed by atoms with E-state index in [1.165, 1.54) is 17.2 Å². The van der Waals surface area contributed by atoms with Gasteiger partial charge < -0.3 is 31.2 Å². The van der Waals surface area contributed by atoms with Crippen molar-refractivity contribution in [2.75, 3.05) is 0 Å². The van der Waals surface area contributed by atoms with Gasteiger partial charge >= 0.3 is 26.2 Å². The Morgan fingerprint density at radius 1 is 1.00 bits per heavy atom. The van der Waals surface area contributed by atoms with Crippen LogP contribution in [0.4, 0.5) is 0 Å². The fraction of sp³-hybridized carbons (Fsp3) is 0.263. The summed E-state index contributed by atoms with van der Waals surface area (Å²) in [5.41, 5.74) is 0. The van der Waals surface area contributed by atoms with E-state index in [0.717, 1.165) is 17.8 Å². The molecule has 2 aromatic rings. The second-order valence-electron chi connectivity index (χ2n) is 5.57. The minimum Gasteiger partial charge on any atom is -1.00 e. The molecular formula is C19H20Cl2Zr. The molecule has 4 rings (SSSR count). The number of fused-ring (bicyclic) bond motifs is 2. The quantitative estimate of drug-likeness (QED) is 0.497. The van der Waals surface area contributed by atoms with Crippen LogP contribution in [0.15, 0.2) is 66.8 Å². The van der Waals surface area contributed by atoms with E-state index < -0.39 is 0 Å². The van der Waals surface area contributed by atoms with E-state index >= 15 is 0 Å². The van der Waals surface area contributed by atoms with Gasteiger partial charge in [0.25, 0.3) is 0 Å². The van der Waals surface area contributed by atoms with Gasteiger partial charge in [0.05, 0.1) is 0 Å². The molecule has 0 heterocycles. The van der Waals surface area contributed by atoms with Gasteiger partial charge in [0.2, 0.25) is 0 Å². The molecule has 1 saturated carbocycles. The van der Waals surface area contributed by atoms with Crippen molar-refractivity contribution in [1.29, 1.82) is 0 Å². The molecule has 22 heavy (non-hydrogen) atoms. The van der Waals surface area contributed by atoms with Crippen molar-refractivity contribution in [3.05, 3.63) is 73.2 Å². The average Bonchev–Trinajstić information content (AvgIpc) is 3.03. The Bertz CT molecular complexity index is 550. The first-order chi connectivity index (χ1) is 9.33. The first kappa shape index (κ1) is 21.8. The summed E-state index contributed by atoms with van der Waals surface area (Å²) in [6.07, 6.45) is 12.8. The van der Waals surface area contributed by atoms with Gasteiger partial charge in [-0.15, -0.1) is 41.6 Å². The Balaban J connectivity index is 0.000000354. The molecule has 0 nitrogen and oxygen atoms in total. The Morgan fingerprint density at radius 3 is 2.45 bits per heavy atom. The molecule has 1 fully saturated rings. The Morgan fingerprint density at radius 2 is 1.73 bits per heavy atom. The minimum absolute atomic E-state index is 0. The number of halogens is 2. The normalized spacial score (nSPS) is 24.1. The van der Waals surface area contributed by atoms with Gasteiger partial charge in [-0.25, -0.2) is 0 Å². The van der Waals surface area contributed by atoms with Crippen molar-refractivity contribution >= 4 is 10.8 Å². The van der Waals surface area contributed by atoms with Crippen LogP contribution in [0.25, 0.3) is 10.8 Å². The van der Waals surface area contributed by atoms with Crippen LogP contribution in [0.2, 0.25) is 0 Å². The molecule has 2 aliphatic rings. The van der Waals surface area contributed by atoms with Gasteiger partial charge in [0.1, 0.15) is 0 Å². The topological polar surface area (TPSA) is 0 Å². The SMILES string of the molecule is CC1[CH-]C2C=CC=CC2C1.[Cl-].[Cl-].[Zr+4].c1ccc2[cH-]ccc2c1. The molecular weight excluding hydrogens is 390 g/mol. The molecule has 3 unspecified atom stereocenters. The molecule has 0 radical (unpaired) electrons. The summed E-state index contributed by atoms with van der Waals surface area (Å²) in [6.45, 7) is 2.31. The van der Waals surface area contributed by atoms with Crippen LogP contribution in [-0.2, 0) is 26.2 Å². The molecule has 0 amide bonds. The summed E-state index contributed by atoms with van der Waals surface area (Å²) in [6, 6.07) is 14.7. The van der Waals surface area contributed by atoms with Gasteiger partial charge in [-0.05, 0) is 5.92 Å². The van der Waals surface area contributed by atoms with Crippen LogP contribution in [0, 0.1) is 24.2 Å². The molecule has 2 aromatic carbocycles. The maximum absolute atomic E-state index is 2.46. The summed E-state index contributed by atoms with van der Waals surface area (Å²) >= 11 is 0. The van der Waals surface area contributed by atoms with Gasteiger partial charge in [-0.1, -0.05) is 37.6 Å². The summed E-state index contributed by atoms with van der Waals surface area (Å²) in [5.74, 6) is 2.39. The Labute approximate surface area is 165 Å². The fourth-order valence-electron chi connectivity index (χ4n) is 3.07. The van der Waals surface area contributed by atoms with E-state index in [9.17, 15) is 0 Å². The number of allylic oxidation sites excluding steroid dienone is 4. The second kappa shape index (κ2) is 10.5. The summed E-state index contributed by atoms with van der Waals surface area (Å²) in [5, 5.41) is 2.66. The van der Waals surface area contributed by atoms with Crippen molar-refractivity contribution < 1.29 is 51.0 Å². The average molecular weight is 410 g/mol. The standard InChI is InChI=1S/C10H13.C9H7.2ClH.Zr/c1-8-6-9-4-2-3-5-10(9)7-8;1-2-5-9-7-3-6-8(9)4-1;;;/h2-6,8-10H,7H2,1H3;1-7H;2*1H;/q2*-1;;;+4/p-2. The van der Waals surface area contributed by atoms with Crippen LogP contribution < -0.4 is 24.8 Å².